The molecule has 4 nitrogen and oxygen atoms in total. The monoisotopic (exact) mass is 340 g/mol. The molecule has 1 heterocycles. The van der Waals surface area contributed by atoms with E-state index in [1.807, 2.05) is 12.1 Å². The summed E-state index contributed by atoms with van der Waals surface area (Å²) in [4.78, 5) is 4.38. The van der Waals surface area contributed by atoms with Crippen LogP contribution in [0, 0.1) is 0 Å². The van der Waals surface area contributed by atoms with Crippen LogP contribution >= 0.6 is 15.9 Å². The molecule has 0 unspecified atom stereocenters. The molecule has 0 aliphatic rings. The normalized spacial score (nSPS) is 11.3. The van der Waals surface area contributed by atoms with E-state index in [0.717, 1.165) is 15.7 Å². The Hall–Kier alpha value is -1.40. The lowest BCUT2D eigenvalue weighted by Gasteiger charge is -2.08. The Balaban J connectivity index is 2.12. The quantitative estimate of drug-likeness (QED) is 0.929. The summed E-state index contributed by atoms with van der Waals surface area (Å²) < 4.78 is 23.8. The zero-order valence-corrected chi connectivity index (χ0v) is 12.7. The minimum absolute atomic E-state index is 0.310. The standard InChI is InChI=1S/C13H13BrN2O2S/c1-19(17,18)13-4-2-3-12(6-13)16-8-10-5-11(14)9-15-7-10/h2-7,9,16H,8H2,1H3. The smallest absolute Gasteiger partial charge is 0.175 e. The lowest BCUT2D eigenvalue weighted by atomic mass is 10.2. The number of nitrogens with zero attached hydrogens (tertiary/aromatic N) is 1. The van der Waals surface area contributed by atoms with Gasteiger partial charge in [-0.3, -0.25) is 4.98 Å². The Kier molecular flexibility index (Phi) is 4.21. The number of halogens is 1. The van der Waals surface area contributed by atoms with Crippen molar-refractivity contribution in [1.29, 1.82) is 0 Å². The molecule has 1 N–H and O–H groups in total. The van der Waals surface area contributed by atoms with Crippen LogP contribution in [0.15, 0.2) is 52.1 Å². The zero-order chi connectivity index (χ0) is 13.9. The maximum atomic E-state index is 11.5. The lowest BCUT2D eigenvalue weighted by Crippen LogP contribution is -2.02. The zero-order valence-electron chi connectivity index (χ0n) is 10.3. The van der Waals surface area contributed by atoms with Gasteiger partial charge in [0.1, 0.15) is 0 Å². The highest BCUT2D eigenvalue weighted by atomic mass is 79.9. The summed E-state index contributed by atoms with van der Waals surface area (Å²) in [6.45, 7) is 0.583. The van der Waals surface area contributed by atoms with Gasteiger partial charge in [-0.05, 0) is 45.8 Å². The number of hydrogen-bond acceptors (Lipinski definition) is 4. The summed E-state index contributed by atoms with van der Waals surface area (Å²) in [6.07, 6.45) is 4.68. The van der Waals surface area contributed by atoms with Gasteiger partial charge in [0.15, 0.2) is 9.84 Å². The third-order valence-corrected chi connectivity index (χ3v) is 4.06. The molecular formula is C13H13BrN2O2S. The number of benzene rings is 1. The van der Waals surface area contributed by atoms with Crippen molar-refractivity contribution in [2.75, 3.05) is 11.6 Å². The van der Waals surface area contributed by atoms with E-state index in [1.54, 1.807) is 30.6 Å². The van der Waals surface area contributed by atoms with Crippen LogP contribution in [-0.4, -0.2) is 19.7 Å². The topological polar surface area (TPSA) is 59.1 Å². The van der Waals surface area contributed by atoms with Gasteiger partial charge in [-0.2, -0.15) is 0 Å². The Morgan fingerprint density at radius 1 is 1.26 bits per heavy atom. The van der Waals surface area contributed by atoms with Crippen LogP contribution < -0.4 is 5.32 Å². The number of sulfone groups is 1. The van der Waals surface area contributed by atoms with Gasteiger partial charge in [-0.15, -0.1) is 0 Å². The fourth-order valence-corrected chi connectivity index (χ4v) is 2.67. The van der Waals surface area contributed by atoms with Gasteiger partial charge in [-0.25, -0.2) is 8.42 Å². The van der Waals surface area contributed by atoms with E-state index in [-0.39, 0.29) is 0 Å². The van der Waals surface area contributed by atoms with Crippen molar-refractivity contribution < 1.29 is 8.42 Å². The van der Waals surface area contributed by atoms with Gasteiger partial charge in [0.2, 0.25) is 0 Å². The van der Waals surface area contributed by atoms with Crippen LogP contribution in [0.25, 0.3) is 0 Å². The second-order valence-electron chi connectivity index (χ2n) is 4.16. The van der Waals surface area contributed by atoms with Crippen molar-refractivity contribution in [3.05, 3.63) is 52.8 Å². The molecule has 0 bridgehead atoms. The van der Waals surface area contributed by atoms with Gasteiger partial charge in [0, 0.05) is 35.4 Å². The minimum Gasteiger partial charge on any atom is -0.381 e. The predicted molar refractivity (Wildman–Crippen MR) is 78.8 cm³/mol. The highest BCUT2D eigenvalue weighted by Crippen LogP contribution is 2.17. The fraction of sp³-hybridized carbons (Fsp3) is 0.154. The number of pyridine rings is 1. The van der Waals surface area contributed by atoms with Crippen molar-refractivity contribution in [2.45, 2.75) is 11.4 Å². The number of hydrogen-bond donors (Lipinski definition) is 1. The molecule has 2 rings (SSSR count). The number of aromatic nitrogens is 1. The van der Waals surface area contributed by atoms with Crippen molar-refractivity contribution in [3.63, 3.8) is 0 Å². The molecule has 100 valence electrons. The van der Waals surface area contributed by atoms with Crippen LogP contribution in [0.1, 0.15) is 5.56 Å². The summed E-state index contributed by atoms with van der Waals surface area (Å²) in [5.74, 6) is 0. The first-order chi connectivity index (χ1) is 8.95. The van der Waals surface area contributed by atoms with Crippen LogP contribution in [0.3, 0.4) is 0 Å². The fourth-order valence-electron chi connectivity index (χ4n) is 1.59. The summed E-state index contributed by atoms with van der Waals surface area (Å²) >= 11 is 3.36. The highest BCUT2D eigenvalue weighted by Gasteiger charge is 2.07. The first kappa shape index (κ1) is 14.0. The highest BCUT2D eigenvalue weighted by molar-refractivity contribution is 9.10. The first-order valence-corrected chi connectivity index (χ1v) is 8.27. The first-order valence-electron chi connectivity index (χ1n) is 5.58. The molecule has 1 aromatic carbocycles. The van der Waals surface area contributed by atoms with E-state index in [4.69, 9.17) is 0 Å². The van der Waals surface area contributed by atoms with Gasteiger partial charge >= 0.3 is 0 Å². The molecular weight excluding hydrogens is 328 g/mol. The van der Waals surface area contributed by atoms with Crippen LogP contribution in [-0.2, 0) is 16.4 Å². The van der Waals surface area contributed by atoms with Crippen molar-refractivity contribution in [2.24, 2.45) is 0 Å². The summed E-state index contributed by atoms with van der Waals surface area (Å²) in [5.41, 5.74) is 1.78. The van der Waals surface area contributed by atoms with E-state index in [2.05, 4.69) is 26.2 Å². The Morgan fingerprint density at radius 3 is 2.74 bits per heavy atom. The molecule has 0 amide bonds. The molecule has 0 atom stereocenters. The molecule has 19 heavy (non-hydrogen) atoms. The third kappa shape index (κ3) is 4.04. The second kappa shape index (κ2) is 5.71. The Bertz CT molecular complexity index is 687. The second-order valence-corrected chi connectivity index (χ2v) is 7.10. The maximum Gasteiger partial charge on any atom is 0.175 e. The average Bonchev–Trinajstić information content (AvgIpc) is 2.36. The number of rotatable bonds is 4. The van der Waals surface area contributed by atoms with Crippen LogP contribution in [0.2, 0.25) is 0 Å². The van der Waals surface area contributed by atoms with E-state index < -0.39 is 9.84 Å². The molecule has 0 spiro atoms. The number of nitrogens with one attached hydrogen (secondary N) is 1. The minimum atomic E-state index is -3.17. The number of anilines is 1. The molecule has 0 fully saturated rings. The Labute approximate surface area is 120 Å². The lowest BCUT2D eigenvalue weighted by molar-refractivity contribution is 0.602. The summed E-state index contributed by atoms with van der Waals surface area (Å²) in [7, 11) is -3.17. The van der Waals surface area contributed by atoms with Crippen LogP contribution in [0.4, 0.5) is 5.69 Å². The molecule has 2 aromatic rings. The van der Waals surface area contributed by atoms with Crippen molar-refractivity contribution >= 4 is 31.5 Å². The van der Waals surface area contributed by atoms with Gasteiger partial charge in [0.25, 0.3) is 0 Å². The molecule has 0 radical (unpaired) electrons. The molecule has 0 saturated carbocycles. The molecule has 0 saturated heterocycles. The van der Waals surface area contributed by atoms with E-state index in [9.17, 15) is 8.42 Å². The van der Waals surface area contributed by atoms with E-state index in [0.29, 0.717) is 11.4 Å². The van der Waals surface area contributed by atoms with Gasteiger partial charge in [0.05, 0.1) is 4.90 Å². The third-order valence-electron chi connectivity index (χ3n) is 2.52. The van der Waals surface area contributed by atoms with Gasteiger partial charge < -0.3 is 5.32 Å². The summed E-state index contributed by atoms with van der Waals surface area (Å²) in [6, 6.07) is 8.72. The van der Waals surface area contributed by atoms with Gasteiger partial charge in [-0.1, -0.05) is 6.07 Å². The largest absolute Gasteiger partial charge is 0.381 e. The van der Waals surface area contributed by atoms with Crippen molar-refractivity contribution in [1.82, 2.24) is 4.98 Å². The predicted octanol–water partition coefficient (Wildman–Crippen LogP) is 2.86. The van der Waals surface area contributed by atoms with E-state index >= 15 is 0 Å². The molecule has 0 aliphatic heterocycles. The molecule has 6 heteroatoms. The maximum absolute atomic E-state index is 11.5. The van der Waals surface area contributed by atoms with Crippen molar-refractivity contribution in [3.8, 4) is 0 Å². The average molecular weight is 341 g/mol. The summed E-state index contributed by atoms with van der Waals surface area (Å²) in [5, 5.41) is 3.18. The van der Waals surface area contributed by atoms with Crippen LogP contribution in [0.5, 0.6) is 0 Å². The molecule has 0 aliphatic carbocycles. The SMILES string of the molecule is CS(=O)(=O)c1cccc(NCc2cncc(Br)c2)c1. The molecule has 1 aromatic heterocycles. The Morgan fingerprint density at radius 2 is 2.05 bits per heavy atom. The van der Waals surface area contributed by atoms with E-state index in [1.165, 1.54) is 6.26 Å².